The summed E-state index contributed by atoms with van der Waals surface area (Å²) >= 11 is 0. The van der Waals surface area contributed by atoms with Crippen molar-refractivity contribution in [3.05, 3.63) is 60.9 Å². The third-order valence-corrected chi connectivity index (χ3v) is 3.70. The van der Waals surface area contributed by atoms with Crippen LogP contribution in [0, 0.1) is 0 Å². The van der Waals surface area contributed by atoms with Gasteiger partial charge in [0.25, 0.3) is 0 Å². The van der Waals surface area contributed by atoms with Crippen molar-refractivity contribution < 1.29 is 4.74 Å². The van der Waals surface area contributed by atoms with E-state index in [-0.39, 0.29) is 0 Å². The van der Waals surface area contributed by atoms with Crippen LogP contribution in [0.25, 0.3) is 11.2 Å². The van der Waals surface area contributed by atoms with Crippen molar-refractivity contribution in [2.24, 2.45) is 0 Å². The molecule has 25 heavy (non-hydrogen) atoms. The van der Waals surface area contributed by atoms with Crippen molar-refractivity contribution in [1.29, 1.82) is 0 Å². The number of rotatable bonds is 5. The molecule has 4 rings (SSSR count). The highest BCUT2D eigenvalue weighted by Crippen LogP contribution is 2.25. The summed E-state index contributed by atoms with van der Waals surface area (Å²) in [6.07, 6.45) is 1.51. The lowest BCUT2D eigenvalue weighted by molar-refractivity contribution is 0.483. The van der Waals surface area contributed by atoms with Crippen molar-refractivity contribution in [3.8, 4) is 11.5 Å². The molecule has 124 valence electrons. The molecule has 2 aromatic carbocycles. The third kappa shape index (κ3) is 3.12. The molecule has 0 aliphatic rings. The summed E-state index contributed by atoms with van der Waals surface area (Å²) < 4.78 is 7.53. The molecule has 0 atom stereocenters. The largest absolute Gasteiger partial charge is 0.457 e. The number of nitrogens with one attached hydrogen (secondary N) is 1. The minimum atomic E-state index is 0.626. The molecule has 0 saturated carbocycles. The molecule has 0 radical (unpaired) electrons. The van der Waals surface area contributed by atoms with Crippen molar-refractivity contribution >= 4 is 22.7 Å². The van der Waals surface area contributed by atoms with Crippen LogP contribution < -0.4 is 10.1 Å². The zero-order valence-electron chi connectivity index (χ0n) is 13.6. The van der Waals surface area contributed by atoms with E-state index < -0.39 is 0 Å². The first-order valence-corrected chi connectivity index (χ1v) is 7.97. The van der Waals surface area contributed by atoms with E-state index in [1.54, 1.807) is 4.68 Å². The van der Waals surface area contributed by atoms with Crippen LogP contribution in [0.2, 0.25) is 0 Å². The number of hydrogen-bond acceptors (Lipinski definition) is 6. The number of aromatic nitrogens is 5. The molecule has 1 N–H and O–H groups in total. The van der Waals surface area contributed by atoms with Crippen molar-refractivity contribution in [2.45, 2.75) is 13.5 Å². The van der Waals surface area contributed by atoms with Gasteiger partial charge in [0.15, 0.2) is 17.0 Å². The molecule has 0 bridgehead atoms. The van der Waals surface area contributed by atoms with E-state index in [0.29, 0.717) is 23.5 Å². The van der Waals surface area contributed by atoms with Gasteiger partial charge in [-0.15, -0.1) is 5.10 Å². The second-order valence-electron chi connectivity index (χ2n) is 5.36. The maximum absolute atomic E-state index is 5.79. The number of nitrogens with zero attached hydrogens (tertiary/aromatic N) is 5. The monoisotopic (exact) mass is 332 g/mol. The Kier molecular flexibility index (Phi) is 3.96. The number of hydrogen-bond donors (Lipinski definition) is 1. The number of benzene rings is 2. The van der Waals surface area contributed by atoms with E-state index in [9.17, 15) is 0 Å². The lowest BCUT2D eigenvalue weighted by Gasteiger charge is -2.08. The van der Waals surface area contributed by atoms with E-state index in [1.807, 2.05) is 61.5 Å². The number of anilines is 2. The number of aryl methyl sites for hydroxylation is 1. The fourth-order valence-electron chi connectivity index (χ4n) is 2.46. The zero-order chi connectivity index (χ0) is 17.1. The minimum absolute atomic E-state index is 0.626. The van der Waals surface area contributed by atoms with Crippen LogP contribution in [-0.2, 0) is 6.54 Å². The van der Waals surface area contributed by atoms with Crippen LogP contribution in [0.1, 0.15) is 6.92 Å². The average molecular weight is 332 g/mol. The quantitative estimate of drug-likeness (QED) is 0.599. The second-order valence-corrected chi connectivity index (χ2v) is 5.36. The van der Waals surface area contributed by atoms with E-state index >= 15 is 0 Å². The summed E-state index contributed by atoms with van der Waals surface area (Å²) in [7, 11) is 0. The molecule has 2 aromatic heterocycles. The second kappa shape index (κ2) is 6.56. The lowest BCUT2D eigenvalue weighted by Crippen LogP contribution is -1.99. The SMILES string of the molecule is CCn1nnc2c(Nc3ccc(Oc4ccccc4)cc3)ncnc21. The molecule has 0 spiro atoms. The first kappa shape index (κ1) is 15.1. The Morgan fingerprint density at radius 1 is 0.960 bits per heavy atom. The average Bonchev–Trinajstić information content (AvgIpc) is 3.08. The van der Waals surface area contributed by atoms with Gasteiger partial charge >= 0.3 is 0 Å². The van der Waals surface area contributed by atoms with E-state index in [2.05, 4.69) is 25.6 Å². The van der Waals surface area contributed by atoms with Crippen LogP contribution in [0.5, 0.6) is 11.5 Å². The first-order valence-electron chi connectivity index (χ1n) is 7.97. The summed E-state index contributed by atoms with van der Waals surface area (Å²) in [6.45, 7) is 2.70. The molecule has 2 heterocycles. The predicted molar refractivity (Wildman–Crippen MR) is 95.0 cm³/mol. The smallest absolute Gasteiger partial charge is 0.183 e. The van der Waals surface area contributed by atoms with Crippen LogP contribution in [0.15, 0.2) is 60.9 Å². The van der Waals surface area contributed by atoms with Gasteiger partial charge in [0.1, 0.15) is 17.8 Å². The Hall–Kier alpha value is -3.48. The molecule has 0 unspecified atom stereocenters. The highest BCUT2D eigenvalue weighted by Gasteiger charge is 2.10. The summed E-state index contributed by atoms with van der Waals surface area (Å²) in [4.78, 5) is 8.51. The lowest BCUT2D eigenvalue weighted by atomic mass is 10.3. The first-order chi connectivity index (χ1) is 12.3. The molecule has 0 aliphatic carbocycles. The molecule has 0 saturated heterocycles. The highest BCUT2D eigenvalue weighted by atomic mass is 16.5. The van der Waals surface area contributed by atoms with E-state index in [0.717, 1.165) is 17.2 Å². The van der Waals surface area contributed by atoms with Gasteiger partial charge in [-0.05, 0) is 43.3 Å². The van der Waals surface area contributed by atoms with E-state index in [1.165, 1.54) is 6.33 Å². The summed E-state index contributed by atoms with van der Waals surface area (Å²) in [5.41, 5.74) is 2.24. The van der Waals surface area contributed by atoms with Crippen molar-refractivity contribution in [2.75, 3.05) is 5.32 Å². The molecule has 7 heteroatoms. The van der Waals surface area contributed by atoms with Crippen LogP contribution in [0.3, 0.4) is 0 Å². The van der Waals surface area contributed by atoms with Gasteiger partial charge in [-0.25, -0.2) is 14.6 Å². The topological polar surface area (TPSA) is 77.8 Å². The fourth-order valence-corrected chi connectivity index (χ4v) is 2.46. The van der Waals surface area contributed by atoms with Crippen LogP contribution in [0.4, 0.5) is 11.5 Å². The van der Waals surface area contributed by atoms with Gasteiger partial charge in [0.2, 0.25) is 0 Å². The number of fused-ring (bicyclic) bond motifs is 1. The van der Waals surface area contributed by atoms with Gasteiger partial charge in [-0.2, -0.15) is 0 Å². The summed E-state index contributed by atoms with van der Waals surface area (Å²) in [5, 5.41) is 11.5. The Labute approximate surface area is 144 Å². The standard InChI is InChI=1S/C18H16N6O/c1-2-24-18-16(22-23-24)17(19-12-20-18)21-13-8-10-15(11-9-13)25-14-6-4-3-5-7-14/h3-12H,2H2,1H3,(H,19,20,21). The van der Waals surface area contributed by atoms with E-state index in [4.69, 9.17) is 4.74 Å². The maximum atomic E-state index is 5.79. The molecule has 0 amide bonds. The summed E-state index contributed by atoms with van der Waals surface area (Å²) in [6, 6.07) is 17.3. The fraction of sp³-hybridized carbons (Fsp3) is 0.111. The number of ether oxygens (including phenoxy) is 1. The Balaban J connectivity index is 1.54. The Bertz CT molecular complexity index is 982. The van der Waals surface area contributed by atoms with Crippen molar-refractivity contribution in [3.63, 3.8) is 0 Å². The normalized spacial score (nSPS) is 10.8. The van der Waals surface area contributed by atoms with Gasteiger partial charge in [0.05, 0.1) is 0 Å². The van der Waals surface area contributed by atoms with Gasteiger partial charge < -0.3 is 10.1 Å². The zero-order valence-corrected chi connectivity index (χ0v) is 13.6. The van der Waals surface area contributed by atoms with Crippen LogP contribution in [-0.4, -0.2) is 25.0 Å². The maximum Gasteiger partial charge on any atom is 0.183 e. The highest BCUT2D eigenvalue weighted by molar-refractivity contribution is 5.84. The molecular weight excluding hydrogens is 316 g/mol. The predicted octanol–water partition coefficient (Wildman–Crippen LogP) is 3.78. The Morgan fingerprint density at radius 2 is 1.72 bits per heavy atom. The molecular formula is C18H16N6O. The van der Waals surface area contributed by atoms with Crippen LogP contribution >= 0.6 is 0 Å². The minimum Gasteiger partial charge on any atom is -0.457 e. The molecule has 4 aromatic rings. The Morgan fingerprint density at radius 3 is 2.48 bits per heavy atom. The number of para-hydroxylation sites is 1. The molecule has 7 nitrogen and oxygen atoms in total. The van der Waals surface area contributed by atoms with Gasteiger partial charge in [-0.1, -0.05) is 23.4 Å². The summed E-state index contributed by atoms with van der Waals surface area (Å²) in [5.74, 6) is 2.19. The van der Waals surface area contributed by atoms with Crippen molar-refractivity contribution in [1.82, 2.24) is 25.0 Å². The molecule has 0 aliphatic heterocycles. The molecule has 0 fully saturated rings. The van der Waals surface area contributed by atoms with Gasteiger partial charge in [-0.3, -0.25) is 0 Å². The van der Waals surface area contributed by atoms with Gasteiger partial charge in [0, 0.05) is 12.2 Å². The third-order valence-electron chi connectivity index (χ3n) is 3.70.